The Kier molecular flexibility index (Phi) is 5.01. The van der Waals surface area contributed by atoms with Crippen LogP contribution in [0.3, 0.4) is 0 Å². The van der Waals surface area contributed by atoms with E-state index in [1.165, 1.54) is 0 Å². The molecule has 0 bridgehead atoms. The topological polar surface area (TPSA) is 64.8 Å². The summed E-state index contributed by atoms with van der Waals surface area (Å²) in [5.41, 5.74) is 5.69. The fourth-order valence-corrected chi connectivity index (χ4v) is 1.82. The summed E-state index contributed by atoms with van der Waals surface area (Å²) < 4.78 is 10.1. The maximum atomic E-state index is 11.8. The summed E-state index contributed by atoms with van der Waals surface area (Å²) >= 11 is 0. The molecule has 1 aliphatic rings. The molecule has 5 heteroatoms. The number of carbonyl (C=O) groups is 1. The molecule has 0 spiro atoms. The zero-order chi connectivity index (χ0) is 11.3. The number of rotatable bonds is 4. The first-order chi connectivity index (χ1) is 7.19. The van der Waals surface area contributed by atoms with E-state index < -0.39 is 6.04 Å². The molecule has 0 radical (unpaired) electrons. The van der Waals surface area contributed by atoms with Crippen molar-refractivity contribution in [2.45, 2.75) is 25.0 Å². The Bertz CT molecular complexity index is 211. The van der Waals surface area contributed by atoms with Crippen molar-refractivity contribution < 1.29 is 14.3 Å². The molecule has 0 aromatic rings. The van der Waals surface area contributed by atoms with Crippen molar-refractivity contribution in [3.05, 3.63) is 0 Å². The quantitative estimate of drug-likeness (QED) is 0.694. The number of hydrogen-bond donors (Lipinski definition) is 1. The highest BCUT2D eigenvalue weighted by Gasteiger charge is 2.26. The van der Waals surface area contributed by atoms with Gasteiger partial charge in [-0.1, -0.05) is 0 Å². The van der Waals surface area contributed by atoms with Crippen LogP contribution >= 0.6 is 0 Å². The highest BCUT2D eigenvalue weighted by molar-refractivity contribution is 5.81. The van der Waals surface area contributed by atoms with Gasteiger partial charge < -0.3 is 20.1 Å². The van der Waals surface area contributed by atoms with Gasteiger partial charge in [-0.05, 0) is 12.8 Å². The van der Waals surface area contributed by atoms with E-state index in [2.05, 4.69) is 0 Å². The zero-order valence-electron chi connectivity index (χ0n) is 9.44. The molecule has 0 saturated carbocycles. The van der Waals surface area contributed by atoms with E-state index in [0.717, 1.165) is 19.4 Å². The lowest BCUT2D eigenvalue weighted by atomic mass is 10.1. The average Bonchev–Trinajstić information content (AvgIpc) is 2.28. The maximum absolute atomic E-state index is 11.8. The molecule has 1 fully saturated rings. The Morgan fingerprint density at radius 3 is 2.93 bits per heavy atom. The minimum absolute atomic E-state index is 0.0430. The van der Waals surface area contributed by atoms with E-state index >= 15 is 0 Å². The van der Waals surface area contributed by atoms with Crippen molar-refractivity contribution in [1.29, 1.82) is 0 Å². The van der Waals surface area contributed by atoms with Gasteiger partial charge in [0.25, 0.3) is 0 Å². The molecular weight excluding hydrogens is 196 g/mol. The van der Waals surface area contributed by atoms with Gasteiger partial charge in [0, 0.05) is 27.3 Å². The summed E-state index contributed by atoms with van der Waals surface area (Å²) in [5.74, 6) is -0.0430. The van der Waals surface area contributed by atoms with Gasteiger partial charge in [0.05, 0.1) is 12.7 Å². The Balaban J connectivity index is 2.44. The van der Waals surface area contributed by atoms with Gasteiger partial charge in [-0.15, -0.1) is 0 Å². The normalized spacial score (nSPS) is 23.9. The number of ether oxygens (including phenoxy) is 2. The van der Waals surface area contributed by atoms with Crippen LogP contribution in [0.5, 0.6) is 0 Å². The predicted molar refractivity (Wildman–Crippen MR) is 56.5 cm³/mol. The van der Waals surface area contributed by atoms with Crippen LogP contribution in [0.1, 0.15) is 12.8 Å². The minimum atomic E-state index is -0.550. The van der Waals surface area contributed by atoms with Gasteiger partial charge in [0.2, 0.25) is 5.91 Å². The van der Waals surface area contributed by atoms with Crippen LogP contribution in [-0.2, 0) is 14.3 Å². The second-order valence-electron chi connectivity index (χ2n) is 3.85. The van der Waals surface area contributed by atoms with E-state index in [4.69, 9.17) is 15.2 Å². The molecule has 0 aromatic carbocycles. The smallest absolute Gasteiger partial charge is 0.241 e. The molecule has 0 aliphatic carbocycles. The molecule has 0 aromatic heterocycles. The number of amides is 1. The molecule has 1 saturated heterocycles. The van der Waals surface area contributed by atoms with Crippen LogP contribution in [-0.4, -0.2) is 56.9 Å². The highest BCUT2D eigenvalue weighted by Crippen LogP contribution is 2.13. The Hall–Kier alpha value is -0.650. The summed E-state index contributed by atoms with van der Waals surface area (Å²) in [4.78, 5) is 13.6. The van der Waals surface area contributed by atoms with Crippen molar-refractivity contribution in [3.63, 3.8) is 0 Å². The fourth-order valence-electron chi connectivity index (χ4n) is 1.82. The van der Waals surface area contributed by atoms with E-state index in [9.17, 15) is 4.79 Å². The summed E-state index contributed by atoms with van der Waals surface area (Å²) in [5, 5.41) is 0. The monoisotopic (exact) mass is 216 g/mol. The minimum Gasteiger partial charge on any atom is -0.383 e. The zero-order valence-corrected chi connectivity index (χ0v) is 9.44. The van der Waals surface area contributed by atoms with Gasteiger partial charge in [-0.2, -0.15) is 0 Å². The first-order valence-corrected chi connectivity index (χ1v) is 5.25. The number of nitrogens with zero attached hydrogens (tertiary/aromatic N) is 1. The molecule has 15 heavy (non-hydrogen) atoms. The molecule has 1 heterocycles. The third kappa shape index (κ3) is 3.44. The SMILES string of the molecule is COCC(N)C(=O)N1CCCC(OC)C1. The maximum Gasteiger partial charge on any atom is 0.241 e. The van der Waals surface area contributed by atoms with Crippen LogP contribution in [0, 0.1) is 0 Å². The van der Waals surface area contributed by atoms with Crippen molar-refractivity contribution in [2.75, 3.05) is 33.9 Å². The molecule has 2 N–H and O–H groups in total. The molecule has 1 aliphatic heterocycles. The van der Waals surface area contributed by atoms with Gasteiger partial charge >= 0.3 is 0 Å². The third-order valence-electron chi connectivity index (χ3n) is 2.69. The van der Waals surface area contributed by atoms with E-state index in [0.29, 0.717) is 6.54 Å². The molecule has 2 unspecified atom stereocenters. The molecule has 2 atom stereocenters. The van der Waals surface area contributed by atoms with Gasteiger partial charge in [-0.3, -0.25) is 4.79 Å². The first kappa shape index (κ1) is 12.4. The van der Waals surface area contributed by atoms with Crippen LogP contribution in [0.2, 0.25) is 0 Å². The van der Waals surface area contributed by atoms with Gasteiger partial charge in [-0.25, -0.2) is 0 Å². The van der Waals surface area contributed by atoms with Crippen LogP contribution < -0.4 is 5.73 Å². The fraction of sp³-hybridized carbons (Fsp3) is 0.900. The molecular formula is C10H20N2O3. The standard InChI is InChI=1S/C10H20N2O3/c1-14-7-9(11)10(13)12-5-3-4-8(6-12)15-2/h8-9H,3-7,11H2,1-2H3. The Morgan fingerprint density at radius 1 is 1.60 bits per heavy atom. The average molecular weight is 216 g/mol. The van der Waals surface area contributed by atoms with E-state index in [1.807, 2.05) is 0 Å². The summed E-state index contributed by atoms with van der Waals surface area (Å²) in [7, 11) is 3.22. The van der Waals surface area contributed by atoms with E-state index in [-0.39, 0.29) is 18.6 Å². The molecule has 5 nitrogen and oxygen atoms in total. The van der Waals surface area contributed by atoms with Crippen molar-refractivity contribution in [2.24, 2.45) is 5.73 Å². The number of piperidine rings is 1. The number of nitrogens with two attached hydrogens (primary N) is 1. The number of hydrogen-bond acceptors (Lipinski definition) is 4. The Labute approximate surface area is 90.5 Å². The Morgan fingerprint density at radius 2 is 2.33 bits per heavy atom. The summed E-state index contributed by atoms with van der Waals surface area (Å²) in [6, 6.07) is -0.550. The predicted octanol–water partition coefficient (Wildman–Crippen LogP) is -0.402. The molecule has 1 rings (SSSR count). The van der Waals surface area contributed by atoms with Crippen molar-refractivity contribution >= 4 is 5.91 Å². The van der Waals surface area contributed by atoms with Gasteiger partial charge in [0.1, 0.15) is 6.04 Å². The lowest BCUT2D eigenvalue weighted by Crippen LogP contribution is -2.51. The summed E-state index contributed by atoms with van der Waals surface area (Å²) in [6.07, 6.45) is 2.14. The second-order valence-corrected chi connectivity index (χ2v) is 3.85. The number of likely N-dealkylation sites (tertiary alicyclic amines) is 1. The van der Waals surface area contributed by atoms with E-state index in [1.54, 1.807) is 19.1 Å². The third-order valence-corrected chi connectivity index (χ3v) is 2.69. The van der Waals surface area contributed by atoms with Crippen LogP contribution in [0.25, 0.3) is 0 Å². The number of methoxy groups -OCH3 is 2. The number of carbonyl (C=O) groups excluding carboxylic acids is 1. The lowest BCUT2D eigenvalue weighted by molar-refractivity contribution is -0.137. The molecule has 1 amide bonds. The van der Waals surface area contributed by atoms with Gasteiger partial charge in [0.15, 0.2) is 0 Å². The summed E-state index contributed by atoms with van der Waals surface area (Å²) in [6.45, 7) is 1.69. The van der Waals surface area contributed by atoms with Crippen LogP contribution in [0.15, 0.2) is 0 Å². The highest BCUT2D eigenvalue weighted by atomic mass is 16.5. The largest absolute Gasteiger partial charge is 0.383 e. The molecule has 88 valence electrons. The second kappa shape index (κ2) is 6.05. The van der Waals surface area contributed by atoms with Crippen molar-refractivity contribution in [1.82, 2.24) is 4.90 Å². The lowest BCUT2D eigenvalue weighted by Gasteiger charge is -2.33. The van der Waals surface area contributed by atoms with Crippen molar-refractivity contribution in [3.8, 4) is 0 Å². The first-order valence-electron chi connectivity index (χ1n) is 5.25. The van der Waals surface area contributed by atoms with Crippen LogP contribution in [0.4, 0.5) is 0 Å².